The molecule has 0 unspecified atom stereocenters. The Morgan fingerprint density at radius 1 is 1.21 bits per heavy atom. The smallest absolute Gasteiger partial charge is 0.193 e. The molecule has 1 aromatic carbocycles. The number of nitrogens with zero attached hydrogens (tertiary/aromatic N) is 2. The van der Waals surface area contributed by atoms with Gasteiger partial charge in [-0.05, 0) is 31.6 Å². The average Bonchev–Trinajstić information content (AvgIpc) is 2.39. The summed E-state index contributed by atoms with van der Waals surface area (Å²) in [5.41, 5.74) is 6.80. The molecular formula is C14H25IN4. The molecule has 19 heavy (non-hydrogen) atoms. The normalized spacial score (nSPS) is 11.2. The zero-order valence-corrected chi connectivity index (χ0v) is 14.1. The molecule has 5 heteroatoms. The highest BCUT2D eigenvalue weighted by atomic mass is 127. The second-order valence-electron chi connectivity index (χ2n) is 4.19. The van der Waals surface area contributed by atoms with Crippen molar-refractivity contribution < 1.29 is 0 Å². The molecule has 0 heterocycles. The van der Waals surface area contributed by atoms with Crippen LogP contribution in [0.15, 0.2) is 35.3 Å². The molecule has 0 saturated carbocycles. The van der Waals surface area contributed by atoms with Gasteiger partial charge in [0.2, 0.25) is 0 Å². The van der Waals surface area contributed by atoms with Gasteiger partial charge in [-0.2, -0.15) is 0 Å². The van der Waals surface area contributed by atoms with Gasteiger partial charge in [-0.1, -0.05) is 32.0 Å². The highest BCUT2D eigenvalue weighted by Gasteiger charge is 1.99. The number of para-hydroxylation sites is 1. The van der Waals surface area contributed by atoms with Crippen LogP contribution in [0.5, 0.6) is 0 Å². The summed E-state index contributed by atoms with van der Waals surface area (Å²) in [5, 5.41) is 3.07. The Bertz CT molecular complexity index is 354. The molecule has 0 aliphatic rings. The van der Waals surface area contributed by atoms with Gasteiger partial charge < -0.3 is 16.0 Å². The second-order valence-corrected chi connectivity index (χ2v) is 4.19. The van der Waals surface area contributed by atoms with Gasteiger partial charge in [-0.15, -0.1) is 24.0 Å². The van der Waals surface area contributed by atoms with Crippen molar-refractivity contribution in [3.63, 3.8) is 0 Å². The molecule has 0 spiro atoms. The van der Waals surface area contributed by atoms with E-state index >= 15 is 0 Å². The molecule has 0 aliphatic carbocycles. The molecule has 0 aliphatic heterocycles. The summed E-state index contributed by atoms with van der Waals surface area (Å²) in [4.78, 5) is 6.71. The average molecular weight is 376 g/mol. The number of guanidine groups is 1. The third-order valence-corrected chi connectivity index (χ3v) is 2.73. The maximum atomic E-state index is 5.83. The molecular weight excluding hydrogens is 351 g/mol. The van der Waals surface area contributed by atoms with E-state index in [0.717, 1.165) is 31.9 Å². The predicted molar refractivity (Wildman–Crippen MR) is 94.4 cm³/mol. The van der Waals surface area contributed by atoms with Crippen molar-refractivity contribution >= 4 is 35.6 Å². The van der Waals surface area contributed by atoms with E-state index in [2.05, 4.69) is 29.1 Å². The molecule has 108 valence electrons. The van der Waals surface area contributed by atoms with Crippen LogP contribution >= 0.6 is 24.0 Å². The first kappa shape index (κ1) is 18.2. The standard InChI is InChI=1S/C14H24N4.HI/c1-3-11-18(4-2)12-10-16-14(15)17-13-8-6-5-7-9-13;/h5-9H,3-4,10-12H2,1-2H3,(H3,15,16,17);1H. The van der Waals surface area contributed by atoms with Gasteiger partial charge >= 0.3 is 0 Å². The van der Waals surface area contributed by atoms with Crippen LogP contribution in [0.3, 0.4) is 0 Å². The van der Waals surface area contributed by atoms with Gasteiger partial charge in [-0.3, -0.25) is 4.99 Å². The lowest BCUT2D eigenvalue weighted by Crippen LogP contribution is -2.29. The zero-order valence-electron chi connectivity index (χ0n) is 11.8. The number of benzene rings is 1. The molecule has 1 rings (SSSR count). The summed E-state index contributed by atoms with van der Waals surface area (Å²) < 4.78 is 0. The first-order valence-electron chi connectivity index (χ1n) is 6.60. The fourth-order valence-electron chi connectivity index (χ4n) is 1.77. The number of aliphatic imine (C=N–C) groups is 1. The van der Waals surface area contributed by atoms with E-state index in [1.54, 1.807) is 0 Å². The lowest BCUT2D eigenvalue weighted by molar-refractivity contribution is 0.297. The minimum Gasteiger partial charge on any atom is -0.370 e. The highest BCUT2D eigenvalue weighted by molar-refractivity contribution is 14.0. The van der Waals surface area contributed by atoms with Crippen LogP contribution in [0.2, 0.25) is 0 Å². The van der Waals surface area contributed by atoms with Crippen LogP contribution in [-0.2, 0) is 0 Å². The van der Waals surface area contributed by atoms with Crippen molar-refractivity contribution in [3.8, 4) is 0 Å². The second kappa shape index (κ2) is 11.0. The molecule has 0 fully saturated rings. The third kappa shape index (κ3) is 8.05. The molecule has 0 aromatic heterocycles. The quantitative estimate of drug-likeness (QED) is 0.437. The SMILES string of the molecule is CCCN(CC)CCN=C(N)Nc1ccccc1.I. The van der Waals surface area contributed by atoms with Crippen LogP contribution in [0, 0.1) is 0 Å². The topological polar surface area (TPSA) is 53.6 Å². The number of hydrogen-bond donors (Lipinski definition) is 2. The number of hydrogen-bond acceptors (Lipinski definition) is 2. The Morgan fingerprint density at radius 2 is 1.89 bits per heavy atom. The van der Waals surface area contributed by atoms with Crippen molar-refractivity contribution in [2.24, 2.45) is 10.7 Å². The number of rotatable bonds is 7. The summed E-state index contributed by atoms with van der Waals surface area (Å²) in [7, 11) is 0. The number of likely N-dealkylation sites (N-methyl/N-ethyl adjacent to an activating group) is 1. The molecule has 4 nitrogen and oxygen atoms in total. The van der Waals surface area contributed by atoms with Gasteiger partial charge in [0, 0.05) is 12.2 Å². The molecule has 0 saturated heterocycles. The molecule has 1 aromatic rings. The number of halogens is 1. The predicted octanol–water partition coefficient (Wildman–Crippen LogP) is 2.76. The van der Waals surface area contributed by atoms with Crippen LogP contribution in [0.4, 0.5) is 5.69 Å². The van der Waals surface area contributed by atoms with Crippen molar-refractivity contribution in [1.29, 1.82) is 0 Å². The van der Waals surface area contributed by atoms with Gasteiger partial charge in [0.1, 0.15) is 0 Å². The van der Waals surface area contributed by atoms with Crippen LogP contribution < -0.4 is 11.1 Å². The summed E-state index contributed by atoms with van der Waals surface area (Å²) in [6, 6.07) is 9.85. The van der Waals surface area contributed by atoms with Crippen LogP contribution in [0.1, 0.15) is 20.3 Å². The van der Waals surface area contributed by atoms with Crippen molar-refractivity contribution in [3.05, 3.63) is 30.3 Å². The Kier molecular flexibility index (Phi) is 10.6. The Morgan fingerprint density at radius 3 is 2.47 bits per heavy atom. The van der Waals surface area contributed by atoms with Gasteiger partial charge in [0.15, 0.2) is 5.96 Å². The first-order chi connectivity index (χ1) is 8.76. The van der Waals surface area contributed by atoms with E-state index in [4.69, 9.17) is 5.73 Å². The lowest BCUT2D eigenvalue weighted by atomic mass is 10.3. The van der Waals surface area contributed by atoms with E-state index in [-0.39, 0.29) is 24.0 Å². The Labute approximate surface area is 133 Å². The summed E-state index contributed by atoms with van der Waals surface area (Å²) in [6.07, 6.45) is 1.18. The van der Waals surface area contributed by atoms with Gasteiger partial charge in [0.25, 0.3) is 0 Å². The number of nitrogens with two attached hydrogens (primary N) is 1. The maximum Gasteiger partial charge on any atom is 0.193 e. The molecule has 0 bridgehead atoms. The minimum atomic E-state index is 0. The number of anilines is 1. The zero-order chi connectivity index (χ0) is 13.2. The maximum absolute atomic E-state index is 5.83. The molecule has 0 amide bonds. The van der Waals surface area contributed by atoms with Crippen molar-refractivity contribution in [2.45, 2.75) is 20.3 Å². The van der Waals surface area contributed by atoms with E-state index in [0.29, 0.717) is 5.96 Å². The molecule has 0 atom stereocenters. The fourth-order valence-corrected chi connectivity index (χ4v) is 1.77. The van der Waals surface area contributed by atoms with E-state index in [1.165, 1.54) is 6.42 Å². The van der Waals surface area contributed by atoms with Gasteiger partial charge in [-0.25, -0.2) is 0 Å². The molecule has 3 N–H and O–H groups in total. The Balaban J connectivity index is 0.00000324. The molecule has 0 radical (unpaired) electrons. The van der Waals surface area contributed by atoms with E-state index < -0.39 is 0 Å². The summed E-state index contributed by atoms with van der Waals surface area (Å²) >= 11 is 0. The summed E-state index contributed by atoms with van der Waals surface area (Å²) in [6.45, 7) is 8.25. The highest BCUT2D eigenvalue weighted by Crippen LogP contribution is 2.03. The minimum absolute atomic E-state index is 0. The number of nitrogens with one attached hydrogen (secondary N) is 1. The lowest BCUT2D eigenvalue weighted by Gasteiger charge is -2.18. The Hall–Kier alpha value is -0.820. The summed E-state index contributed by atoms with van der Waals surface area (Å²) in [5.74, 6) is 0.480. The van der Waals surface area contributed by atoms with E-state index in [1.807, 2.05) is 30.3 Å². The van der Waals surface area contributed by atoms with E-state index in [9.17, 15) is 0 Å². The monoisotopic (exact) mass is 376 g/mol. The third-order valence-electron chi connectivity index (χ3n) is 2.73. The fraction of sp³-hybridized carbons (Fsp3) is 0.500. The van der Waals surface area contributed by atoms with Crippen molar-refractivity contribution in [2.75, 3.05) is 31.5 Å². The van der Waals surface area contributed by atoms with Crippen LogP contribution in [0.25, 0.3) is 0 Å². The van der Waals surface area contributed by atoms with Crippen LogP contribution in [-0.4, -0.2) is 37.0 Å². The first-order valence-corrected chi connectivity index (χ1v) is 6.60. The van der Waals surface area contributed by atoms with Crippen molar-refractivity contribution in [1.82, 2.24) is 4.90 Å². The van der Waals surface area contributed by atoms with Gasteiger partial charge in [0.05, 0.1) is 6.54 Å². The largest absolute Gasteiger partial charge is 0.370 e.